The first kappa shape index (κ1) is 14.2. The SMILES string of the molecule is CC1(C)C(=O)Nc2ccc(C3=NNC(=O)CC3)cc21.O. The van der Waals surface area contributed by atoms with Crippen LogP contribution in [0, 0.1) is 0 Å². The van der Waals surface area contributed by atoms with E-state index < -0.39 is 5.41 Å². The summed E-state index contributed by atoms with van der Waals surface area (Å²) >= 11 is 0. The highest BCUT2D eigenvalue weighted by atomic mass is 16.2. The van der Waals surface area contributed by atoms with Gasteiger partial charge in [0.05, 0.1) is 11.1 Å². The third kappa shape index (κ3) is 2.08. The Morgan fingerprint density at radius 2 is 1.95 bits per heavy atom. The number of nitrogens with zero attached hydrogens (tertiary/aromatic N) is 1. The lowest BCUT2D eigenvalue weighted by molar-refractivity contribution is -0.121. The van der Waals surface area contributed by atoms with Crippen LogP contribution in [-0.2, 0) is 15.0 Å². The topological polar surface area (TPSA) is 102 Å². The number of anilines is 1. The van der Waals surface area contributed by atoms with Crippen LogP contribution in [0.3, 0.4) is 0 Å². The number of hydrazone groups is 1. The first-order valence-electron chi connectivity index (χ1n) is 6.30. The molecule has 2 amide bonds. The maximum Gasteiger partial charge on any atom is 0.240 e. The van der Waals surface area contributed by atoms with Crippen molar-refractivity contribution in [3.05, 3.63) is 29.3 Å². The molecule has 0 radical (unpaired) electrons. The normalized spacial score (nSPS) is 19.4. The van der Waals surface area contributed by atoms with Gasteiger partial charge in [-0.05, 0) is 37.1 Å². The summed E-state index contributed by atoms with van der Waals surface area (Å²) in [6.45, 7) is 3.81. The van der Waals surface area contributed by atoms with Crippen molar-refractivity contribution in [1.82, 2.24) is 5.43 Å². The first-order valence-corrected chi connectivity index (χ1v) is 6.30. The lowest BCUT2D eigenvalue weighted by Crippen LogP contribution is -2.27. The molecule has 3 rings (SSSR count). The zero-order valence-electron chi connectivity index (χ0n) is 11.4. The van der Waals surface area contributed by atoms with Crippen molar-refractivity contribution in [3.8, 4) is 0 Å². The van der Waals surface area contributed by atoms with Crippen molar-refractivity contribution in [2.45, 2.75) is 32.1 Å². The Kier molecular flexibility index (Phi) is 3.35. The third-order valence-corrected chi connectivity index (χ3v) is 3.75. The maximum absolute atomic E-state index is 11.9. The zero-order chi connectivity index (χ0) is 13.6. The highest BCUT2D eigenvalue weighted by Crippen LogP contribution is 2.37. The van der Waals surface area contributed by atoms with Crippen LogP contribution in [0.4, 0.5) is 5.69 Å². The van der Waals surface area contributed by atoms with Gasteiger partial charge in [0.1, 0.15) is 0 Å². The van der Waals surface area contributed by atoms with Gasteiger partial charge in [0.15, 0.2) is 0 Å². The molecule has 0 saturated carbocycles. The summed E-state index contributed by atoms with van der Waals surface area (Å²) in [6, 6.07) is 5.82. The Labute approximate surface area is 116 Å². The van der Waals surface area contributed by atoms with Crippen molar-refractivity contribution in [1.29, 1.82) is 0 Å². The van der Waals surface area contributed by atoms with E-state index in [2.05, 4.69) is 15.8 Å². The molecule has 0 atom stereocenters. The fourth-order valence-electron chi connectivity index (χ4n) is 2.43. The molecular weight excluding hydrogens is 258 g/mol. The van der Waals surface area contributed by atoms with E-state index in [-0.39, 0.29) is 17.3 Å². The number of rotatable bonds is 1. The van der Waals surface area contributed by atoms with Crippen molar-refractivity contribution < 1.29 is 15.1 Å². The van der Waals surface area contributed by atoms with Crippen LogP contribution in [0.5, 0.6) is 0 Å². The molecule has 20 heavy (non-hydrogen) atoms. The van der Waals surface area contributed by atoms with Crippen molar-refractivity contribution in [3.63, 3.8) is 0 Å². The number of fused-ring (bicyclic) bond motifs is 1. The smallest absolute Gasteiger partial charge is 0.240 e. The zero-order valence-corrected chi connectivity index (χ0v) is 11.4. The number of hydrogen-bond acceptors (Lipinski definition) is 3. The fourth-order valence-corrected chi connectivity index (χ4v) is 2.43. The molecular formula is C14H17N3O3. The second kappa shape index (κ2) is 4.72. The minimum atomic E-state index is -0.524. The minimum absolute atomic E-state index is 0. The minimum Gasteiger partial charge on any atom is -0.412 e. The quantitative estimate of drug-likeness (QED) is 0.788. The van der Waals surface area contributed by atoms with Gasteiger partial charge < -0.3 is 10.8 Å². The van der Waals surface area contributed by atoms with Gasteiger partial charge in [-0.3, -0.25) is 9.59 Å². The van der Waals surface area contributed by atoms with Crippen LogP contribution < -0.4 is 10.7 Å². The maximum atomic E-state index is 11.9. The van der Waals surface area contributed by atoms with Crippen LogP contribution >= 0.6 is 0 Å². The molecule has 0 spiro atoms. The number of hydrogen-bond donors (Lipinski definition) is 2. The van der Waals surface area contributed by atoms with Gasteiger partial charge in [-0.15, -0.1) is 0 Å². The summed E-state index contributed by atoms with van der Waals surface area (Å²) in [6.07, 6.45) is 1.09. The van der Waals surface area contributed by atoms with Crippen molar-refractivity contribution in [2.24, 2.45) is 5.10 Å². The molecule has 2 aliphatic heterocycles. The fraction of sp³-hybridized carbons (Fsp3) is 0.357. The monoisotopic (exact) mass is 275 g/mol. The van der Waals surface area contributed by atoms with E-state index in [4.69, 9.17) is 0 Å². The molecule has 0 aliphatic carbocycles. The van der Waals surface area contributed by atoms with Crippen LogP contribution in [0.25, 0.3) is 0 Å². The third-order valence-electron chi connectivity index (χ3n) is 3.75. The Bertz CT molecular complexity index is 620. The van der Waals surface area contributed by atoms with Gasteiger partial charge in [0.2, 0.25) is 11.8 Å². The molecule has 0 unspecified atom stereocenters. The number of amides is 2. The van der Waals surface area contributed by atoms with Gasteiger partial charge in [-0.2, -0.15) is 5.10 Å². The van der Waals surface area contributed by atoms with Gasteiger partial charge in [-0.25, -0.2) is 5.43 Å². The predicted molar refractivity (Wildman–Crippen MR) is 75.6 cm³/mol. The summed E-state index contributed by atoms with van der Waals surface area (Å²) in [5.74, 6) is -0.0411. The Morgan fingerprint density at radius 1 is 1.20 bits per heavy atom. The van der Waals surface area contributed by atoms with Gasteiger partial charge in [-0.1, -0.05) is 6.07 Å². The average Bonchev–Trinajstić information content (AvgIpc) is 2.61. The van der Waals surface area contributed by atoms with E-state index in [0.29, 0.717) is 12.8 Å². The molecule has 2 heterocycles. The molecule has 0 bridgehead atoms. The second-order valence-electron chi connectivity index (χ2n) is 5.43. The molecule has 6 heteroatoms. The van der Waals surface area contributed by atoms with E-state index in [1.54, 1.807) is 0 Å². The largest absolute Gasteiger partial charge is 0.412 e. The van der Waals surface area contributed by atoms with Crippen molar-refractivity contribution >= 4 is 23.2 Å². The molecule has 106 valence electrons. The van der Waals surface area contributed by atoms with Gasteiger partial charge >= 0.3 is 0 Å². The molecule has 1 aromatic rings. The second-order valence-corrected chi connectivity index (χ2v) is 5.43. The molecule has 0 saturated heterocycles. The number of carbonyl (C=O) groups is 2. The van der Waals surface area contributed by atoms with E-state index >= 15 is 0 Å². The van der Waals surface area contributed by atoms with Gasteiger partial charge in [0.25, 0.3) is 0 Å². The number of benzene rings is 1. The number of carbonyl (C=O) groups excluding carboxylic acids is 2. The molecule has 1 aromatic carbocycles. The Balaban J connectivity index is 0.00000147. The van der Waals surface area contributed by atoms with E-state index in [0.717, 1.165) is 22.5 Å². The van der Waals surface area contributed by atoms with Crippen LogP contribution in [0.1, 0.15) is 37.8 Å². The summed E-state index contributed by atoms with van der Waals surface area (Å²) in [5, 5.41) is 6.96. The Morgan fingerprint density at radius 3 is 2.60 bits per heavy atom. The van der Waals surface area contributed by atoms with E-state index in [9.17, 15) is 9.59 Å². The average molecular weight is 275 g/mol. The van der Waals surface area contributed by atoms with Crippen LogP contribution in [0.2, 0.25) is 0 Å². The lowest BCUT2D eigenvalue weighted by atomic mass is 9.84. The lowest BCUT2D eigenvalue weighted by Gasteiger charge is -2.17. The van der Waals surface area contributed by atoms with Crippen LogP contribution in [0.15, 0.2) is 23.3 Å². The van der Waals surface area contributed by atoms with Crippen molar-refractivity contribution in [2.75, 3.05) is 5.32 Å². The predicted octanol–water partition coefficient (Wildman–Crippen LogP) is 0.706. The summed E-state index contributed by atoms with van der Waals surface area (Å²) in [4.78, 5) is 23.0. The molecule has 2 aliphatic rings. The van der Waals surface area contributed by atoms with Gasteiger partial charge in [0, 0.05) is 18.5 Å². The van der Waals surface area contributed by atoms with E-state index in [1.807, 2.05) is 32.0 Å². The highest BCUT2D eigenvalue weighted by molar-refractivity contribution is 6.08. The summed E-state index contributed by atoms with van der Waals surface area (Å²) in [7, 11) is 0. The summed E-state index contributed by atoms with van der Waals surface area (Å²) < 4.78 is 0. The van der Waals surface area contributed by atoms with E-state index in [1.165, 1.54) is 0 Å². The molecule has 4 N–H and O–H groups in total. The highest BCUT2D eigenvalue weighted by Gasteiger charge is 2.38. The van der Waals surface area contributed by atoms with Crippen LogP contribution in [-0.4, -0.2) is 23.0 Å². The summed E-state index contributed by atoms with van der Waals surface area (Å²) in [5.41, 5.74) is 5.63. The molecule has 0 fully saturated rings. The Hall–Kier alpha value is -2.21. The molecule has 6 nitrogen and oxygen atoms in total. The standard InChI is InChI=1S/C14H15N3O2.H2O/c1-14(2)9-7-8(3-4-11(9)15-13(14)19)10-5-6-12(18)17-16-10;/h3-4,7H,5-6H2,1-2H3,(H,15,19)(H,17,18);1H2. The molecule has 0 aromatic heterocycles. The first-order chi connectivity index (χ1) is 8.98. The number of nitrogens with one attached hydrogen (secondary N) is 2.